The molecule has 29 heavy (non-hydrogen) atoms. The van der Waals surface area contributed by atoms with Gasteiger partial charge in [-0.1, -0.05) is 67.1 Å². The Morgan fingerprint density at radius 2 is 1.76 bits per heavy atom. The molecule has 1 amide bonds. The number of carbonyl (C=O) groups is 1. The zero-order chi connectivity index (χ0) is 20.5. The number of hydrogen-bond donors (Lipinski definition) is 1. The van der Waals surface area contributed by atoms with E-state index in [1.165, 1.54) is 5.56 Å². The highest BCUT2D eigenvalue weighted by atomic mass is 35.5. The summed E-state index contributed by atoms with van der Waals surface area (Å²) in [6.45, 7) is 2.50. The predicted octanol–water partition coefficient (Wildman–Crippen LogP) is 5.17. The number of ether oxygens (including phenoxy) is 1. The van der Waals surface area contributed by atoms with Crippen LogP contribution < -0.4 is 10.2 Å². The van der Waals surface area contributed by atoms with Crippen molar-refractivity contribution >= 4 is 23.7 Å². The van der Waals surface area contributed by atoms with Crippen LogP contribution in [0.15, 0.2) is 77.9 Å². The zero-order valence-electron chi connectivity index (χ0n) is 16.3. The Hall–Kier alpha value is -3.11. The number of nitrogens with zero attached hydrogens (tertiary/aromatic N) is 1. The highest BCUT2D eigenvalue weighted by Gasteiger charge is 2.04. The van der Waals surface area contributed by atoms with E-state index in [2.05, 4.69) is 17.5 Å². The smallest absolute Gasteiger partial charge is 0.244 e. The van der Waals surface area contributed by atoms with Gasteiger partial charge in [0.2, 0.25) is 5.91 Å². The molecule has 3 rings (SSSR count). The summed E-state index contributed by atoms with van der Waals surface area (Å²) in [7, 11) is 0. The van der Waals surface area contributed by atoms with E-state index < -0.39 is 0 Å². The van der Waals surface area contributed by atoms with Crippen LogP contribution in [0.2, 0.25) is 5.02 Å². The van der Waals surface area contributed by atoms with Crippen LogP contribution in [0.1, 0.15) is 29.2 Å². The first kappa shape index (κ1) is 20.6. The summed E-state index contributed by atoms with van der Waals surface area (Å²) in [4.78, 5) is 12.1. The third kappa shape index (κ3) is 6.47. The minimum Gasteiger partial charge on any atom is -0.488 e. The molecule has 0 atom stereocenters. The number of aryl methyl sites for hydroxylation is 1. The molecule has 3 aromatic carbocycles. The van der Waals surface area contributed by atoms with Gasteiger partial charge in [-0.25, -0.2) is 5.43 Å². The van der Waals surface area contributed by atoms with Crippen molar-refractivity contribution in [1.29, 1.82) is 0 Å². The second-order valence-corrected chi connectivity index (χ2v) is 7.03. The highest BCUT2D eigenvalue weighted by molar-refractivity contribution is 6.30. The number of nitrogens with one attached hydrogen (secondary N) is 1. The summed E-state index contributed by atoms with van der Waals surface area (Å²) >= 11 is 6.01. The van der Waals surface area contributed by atoms with Crippen LogP contribution in [-0.4, -0.2) is 12.1 Å². The van der Waals surface area contributed by atoms with Crippen LogP contribution >= 0.6 is 11.6 Å². The first-order valence-corrected chi connectivity index (χ1v) is 9.88. The molecule has 3 aromatic rings. The molecule has 0 unspecified atom stereocenters. The van der Waals surface area contributed by atoms with Crippen molar-refractivity contribution in [3.8, 4) is 5.75 Å². The molecule has 148 valence electrons. The molecule has 0 aromatic heterocycles. The molecule has 5 heteroatoms. The van der Waals surface area contributed by atoms with Crippen molar-refractivity contribution in [2.24, 2.45) is 5.10 Å². The number of benzene rings is 3. The lowest BCUT2D eigenvalue weighted by Gasteiger charge is -2.09. The molecular formula is C24H23ClN2O2. The molecule has 0 saturated carbocycles. The van der Waals surface area contributed by atoms with Gasteiger partial charge in [0.25, 0.3) is 0 Å². The second kappa shape index (κ2) is 10.4. The monoisotopic (exact) mass is 406 g/mol. The summed E-state index contributed by atoms with van der Waals surface area (Å²) < 4.78 is 5.89. The number of halogens is 1. The summed E-state index contributed by atoms with van der Waals surface area (Å²) in [5.74, 6) is 0.517. The van der Waals surface area contributed by atoms with Gasteiger partial charge in [-0.05, 0) is 47.4 Å². The maximum absolute atomic E-state index is 12.1. The fourth-order valence-electron chi connectivity index (χ4n) is 2.80. The van der Waals surface area contributed by atoms with Crippen molar-refractivity contribution < 1.29 is 9.53 Å². The number of rotatable bonds is 8. The van der Waals surface area contributed by atoms with Gasteiger partial charge < -0.3 is 4.74 Å². The molecule has 0 aliphatic heterocycles. The SMILES string of the molecule is CCc1ccc(CC(=O)N/N=C/c2ccccc2OCc2cccc(Cl)c2)cc1. The van der Waals surface area contributed by atoms with E-state index in [1.807, 2.05) is 72.8 Å². The van der Waals surface area contributed by atoms with Crippen LogP contribution in [0.4, 0.5) is 0 Å². The van der Waals surface area contributed by atoms with Gasteiger partial charge in [-0.15, -0.1) is 0 Å². The molecular weight excluding hydrogens is 384 g/mol. The zero-order valence-corrected chi connectivity index (χ0v) is 17.0. The van der Waals surface area contributed by atoms with E-state index in [4.69, 9.17) is 16.3 Å². The van der Waals surface area contributed by atoms with Gasteiger partial charge in [-0.2, -0.15) is 5.10 Å². The summed E-state index contributed by atoms with van der Waals surface area (Å²) in [5.41, 5.74) is 6.54. The maximum atomic E-state index is 12.1. The molecule has 4 nitrogen and oxygen atoms in total. The minimum absolute atomic E-state index is 0.164. The second-order valence-electron chi connectivity index (χ2n) is 6.60. The van der Waals surface area contributed by atoms with Crippen LogP contribution in [0, 0.1) is 0 Å². The Labute approximate surface area is 176 Å². The molecule has 0 saturated heterocycles. The molecule has 0 spiro atoms. The summed E-state index contributed by atoms with van der Waals surface area (Å²) in [5, 5.41) is 4.75. The van der Waals surface area contributed by atoms with E-state index >= 15 is 0 Å². The lowest BCUT2D eigenvalue weighted by molar-refractivity contribution is -0.120. The average Bonchev–Trinajstić information content (AvgIpc) is 2.74. The number of para-hydroxylation sites is 1. The summed E-state index contributed by atoms with van der Waals surface area (Å²) in [6.07, 6.45) is 2.86. The number of hydrazone groups is 1. The standard InChI is InChI=1S/C24H23ClN2O2/c1-2-18-10-12-19(13-11-18)15-24(28)27-26-16-21-7-3-4-9-23(21)29-17-20-6-5-8-22(25)14-20/h3-14,16H,2,15,17H2,1H3,(H,27,28)/b26-16+. The van der Waals surface area contributed by atoms with E-state index in [0.29, 0.717) is 17.4 Å². The van der Waals surface area contributed by atoms with Gasteiger partial charge in [0, 0.05) is 10.6 Å². The van der Waals surface area contributed by atoms with Crippen LogP contribution in [0.5, 0.6) is 5.75 Å². The van der Waals surface area contributed by atoms with Crippen LogP contribution in [0.25, 0.3) is 0 Å². The fraction of sp³-hybridized carbons (Fsp3) is 0.167. The minimum atomic E-state index is -0.164. The number of hydrogen-bond acceptors (Lipinski definition) is 3. The maximum Gasteiger partial charge on any atom is 0.244 e. The van der Waals surface area contributed by atoms with Crippen molar-refractivity contribution in [3.63, 3.8) is 0 Å². The molecule has 0 fully saturated rings. The Bertz CT molecular complexity index is 984. The largest absolute Gasteiger partial charge is 0.488 e. The highest BCUT2D eigenvalue weighted by Crippen LogP contribution is 2.19. The predicted molar refractivity (Wildman–Crippen MR) is 117 cm³/mol. The molecule has 0 aliphatic carbocycles. The lowest BCUT2D eigenvalue weighted by Crippen LogP contribution is -2.19. The third-order valence-corrected chi connectivity index (χ3v) is 4.63. The van der Waals surface area contributed by atoms with Crippen LogP contribution in [-0.2, 0) is 24.2 Å². The van der Waals surface area contributed by atoms with Crippen LogP contribution in [0.3, 0.4) is 0 Å². The Morgan fingerprint density at radius 1 is 1.00 bits per heavy atom. The molecule has 0 aliphatic rings. The van der Waals surface area contributed by atoms with Gasteiger partial charge in [-0.3, -0.25) is 4.79 Å². The average molecular weight is 407 g/mol. The van der Waals surface area contributed by atoms with Crippen molar-refractivity contribution in [1.82, 2.24) is 5.43 Å². The third-order valence-electron chi connectivity index (χ3n) is 4.39. The lowest BCUT2D eigenvalue weighted by atomic mass is 10.1. The molecule has 0 heterocycles. The van der Waals surface area contributed by atoms with Crippen molar-refractivity contribution in [2.75, 3.05) is 0 Å². The van der Waals surface area contributed by atoms with E-state index in [-0.39, 0.29) is 12.3 Å². The van der Waals surface area contributed by atoms with Gasteiger partial charge >= 0.3 is 0 Å². The van der Waals surface area contributed by atoms with E-state index in [0.717, 1.165) is 23.1 Å². The molecule has 0 radical (unpaired) electrons. The number of carbonyl (C=O) groups excluding carboxylic acids is 1. The van der Waals surface area contributed by atoms with Crippen molar-refractivity contribution in [2.45, 2.75) is 26.4 Å². The number of amides is 1. The normalized spacial score (nSPS) is 10.8. The molecule has 0 bridgehead atoms. The topological polar surface area (TPSA) is 50.7 Å². The first-order valence-electron chi connectivity index (χ1n) is 9.50. The Balaban J connectivity index is 1.56. The summed E-state index contributed by atoms with van der Waals surface area (Å²) in [6, 6.07) is 23.1. The van der Waals surface area contributed by atoms with Gasteiger partial charge in [0.1, 0.15) is 12.4 Å². The van der Waals surface area contributed by atoms with E-state index in [1.54, 1.807) is 6.21 Å². The Morgan fingerprint density at radius 3 is 2.52 bits per heavy atom. The first-order chi connectivity index (χ1) is 14.1. The van der Waals surface area contributed by atoms with Gasteiger partial charge in [0.15, 0.2) is 0 Å². The van der Waals surface area contributed by atoms with Gasteiger partial charge in [0.05, 0.1) is 12.6 Å². The quantitative estimate of drug-likeness (QED) is 0.414. The Kier molecular flexibility index (Phi) is 7.42. The van der Waals surface area contributed by atoms with E-state index in [9.17, 15) is 4.79 Å². The molecule has 1 N–H and O–H groups in total. The van der Waals surface area contributed by atoms with Crippen molar-refractivity contribution in [3.05, 3.63) is 100 Å². The fourth-order valence-corrected chi connectivity index (χ4v) is 3.01.